The van der Waals surface area contributed by atoms with E-state index in [1.54, 1.807) is 0 Å². The summed E-state index contributed by atoms with van der Waals surface area (Å²) in [5, 5.41) is 3.07. The molecule has 1 aromatic rings. The van der Waals surface area contributed by atoms with Gasteiger partial charge in [-0.05, 0) is 31.2 Å². The first-order valence-electron chi connectivity index (χ1n) is 5.28. The van der Waals surface area contributed by atoms with Gasteiger partial charge in [0.25, 0.3) is 5.91 Å². The molecule has 0 radical (unpaired) electrons. The minimum Gasteiger partial charge on any atom is -0.314 e. The van der Waals surface area contributed by atoms with Gasteiger partial charge >= 0.3 is 0 Å². The van der Waals surface area contributed by atoms with Crippen LogP contribution in [0.3, 0.4) is 0 Å². The van der Waals surface area contributed by atoms with Gasteiger partial charge in [0.2, 0.25) is 0 Å². The average molecular weight is 242 g/mol. The normalized spacial score (nSPS) is 19.3. The third-order valence-electron chi connectivity index (χ3n) is 2.52. The van der Waals surface area contributed by atoms with Crippen LogP contribution in [0, 0.1) is 11.6 Å². The Hall–Kier alpha value is -1.53. The number of nitrogens with one attached hydrogen (secondary N) is 2. The van der Waals surface area contributed by atoms with Crippen LogP contribution in [0.2, 0.25) is 0 Å². The number of halogens is 2. The second-order valence-corrected chi connectivity index (χ2v) is 3.79. The van der Waals surface area contributed by atoms with Crippen molar-refractivity contribution in [1.29, 1.82) is 0 Å². The van der Waals surface area contributed by atoms with Crippen molar-refractivity contribution in [2.75, 3.05) is 13.1 Å². The molecule has 1 unspecified atom stereocenters. The smallest absolute Gasteiger partial charge is 0.274 e. The van der Waals surface area contributed by atoms with E-state index in [0.29, 0.717) is 6.54 Å². The first-order chi connectivity index (χ1) is 8.16. The van der Waals surface area contributed by atoms with Crippen LogP contribution in [0.15, 0.2) is 18.2 Å². The monoisotopic (exact) mass is 242 g/mol. The van der Waals surface area contributed by atoms with Gasteiger partial charge in [0.1, 0.15) is 0 Å². The number of hydrogen-bond acceptors (Lipinski definition) is 3. The highest BCUT2D eigenvalue weighted by Gasteiger charge is 2.17. The van der Waals surface area contributed by atoms with Crippen molar-refractivity contribution in [2.24, 2.45) is 0 Å². The summed E-state index contributed by atoms with van der Waals surface area (Å²) in [5.74, 6) is -2.63. The molecule has 4 nitrogen and oxygen atoms in total. The van der Waals surface area contributed by atoms with Crippen molar-refractivity contribution in [3.63, 3.8) is 0 Å². The molecule has 92 valence electrons. The van der Waals surface area contributed by atoms with E-state index in [2.05, 4.69) is 10.8 Å². The molecule has 2 rings (SSSR count). The molecule has 0 aromatic heterocycles. The van der Waals surface area contributed by atoms with E-state index in [9.17, 15) is 13.6 Å². The first kappa shape index (κ1) is 11.9. The third-order valence-corrected chi connectivity index (χ3v) is 2.52. The molecule has 1 heterocycles. The van der Waals surface area contributed by atoms with Crippen LogP contribution >= 0.6 is 0 Å². The fourth-order valence-electron chi connectivity index (χ4n) is 1.56. The molecule has 1 aromatic carbocycles. The lowest BCUT2D eigenvalue weighted by atomic mass is 10.2. The van der Waals surface area contributed by atoms with Gasteiger partial charge in [-0.25, -0.2) is 14.3 Å². The summed E-state index contributed by atoms with van der Waals surface area (Å²) in [6.07, 6.45) is 0.724. The van der Waals surface area contributed by atoms with Crippen molar-refractivity contribution >= 4 is 5.91 Å². The topological polar surface area (TPSA) is 50.4 Å². The molecular formula is C11H12F2N2O2. The Morgan fingerprint density at radius 3 is 2.88 bits per heavy atom. The van der Waals surface area contributed by atoms with Gasteiger partial charge in [-0.1, -0.05) is 0 Å². The Kier molecular flexibility index (Phi) is 3.65. The Morgan fingerprint density at radius 1 is 1.41 bits per heavy atom. The summed E-state index contributed by atoms with van der Waals surface area (Å²) in [4.78, 5) is 16.6. The summed E-state index contributed by atoms with van der Waals surface area (Å²) in [6, 6.07) is 2.94. The maximum Gasteiger partial charge on any atom is 0.274 e. The zero-order chi connectivity index (χ0) is 12.3. The fourth-order valence-corrected chi connectivity index (χ4v) is 1.56. The number of rotatable bonds is 3. The van der Waals surface area contributed by atoms with Crippen LogP contribution < -0.4 is 10.8 Å². The lowest BCUT2D eigenvalue weighted by Gasteiger charge is -2.10. The summed E-state index contributed by atoms with van der Waals surface area (Å²) in [7, 11) is 0. The van der Waals surface area contributed by atoms with Crippen molar-refractivity contribution in [1.82, 2.24) is 10.8 Å². The summed E-state index contributed by atoms with van der Waals surface area (Å²) in [6.45, 7) is 1.50. The molecule has 0 bridgehead atoms. The van der Waals surface area contributed by atoms with Crippen LogP contribution in [0.4, 0.5) is 8.78 Å². The van der Waals surface area contributed by atoms with E-state index in [1.165, 1.54) is 6.07 Å². The Balaban J connectivity index is 1.92. The van der Waals surface area contributed by atoms with Crippen molar-refractivity contribution in [3.05, 3.63) is 35.4 Å². The van der Waals surface area contributed by atoms with Crippen LogP contribution in [-0.4, -0.2) is 25.1 Å². The molecule has 1 fully saturated rings. The van der Waals surface area contributed by atoms with Crippen LogP contribution in [0.25, 0.3) is 0 Å². The highest BCUT2D eigenvalue weighted by atomic mass is 19.2. The Bertz CT molecular complexity index is 420. The van der Waals surface area contributed by atoms with E-state index < -0.39 is 17.5 Å². The second-order valence-electron chi connectivity index (χ2n) is 3.79. The minimum atomic E-state index is -1.06. The molecule has 0 spiro atoms. The van der Waals surface area contributed by atoms with Crippen molar-refractivity contribution < 1.29 is 18.4 Å². The highest BCUT2D eigenvalue weighted by Crippen LogP contribution is 2.09. The maximum atomic E-state index is 12.9. The van der Waals surface area contributed by atoms with Gasteiger partial charge in [0.05, 0.1) is 6.10 Å². The zero-order valence-corrected chi connectivity index (χ0v) is 9.00. The third kappa shape index (κ3) is 2.98. The Labute approximate surface area is 96.9 Å². The van der Waals surface area contributed by atoms with Gasteiger partial charge in [0, 0.05) is 12.1 Å². The number of carbonyl (C=O) groups excluding carboxylic acids is 1. The second kappa shape index (κ2) is 5.20. The van der Waals surface area contributed by atoms with Crippen LogP contribution in [0.1, 0.15) is 16.8 Å². The molecule has 1 aliphatic rings. The molecule has 17 heavy (non-hydrogen) atoms. The quantitative estimate of drug-likeness (QED) is 0.777. The number of amides is 1. The number of hydroxylamine groups is 1. The minimum absolute atomic E-state index is 0.0230. The Morgan fingerprint density at radius 2 is 2.24 bits per heavy atom. The van der Waals surface area contributed by atoms with E-state index in [0.717, 1.165) is 25.1 Å². The lowest BCUT2D eigenvalue weighted by molar-refractivity contribution is -0.00683. The number of hydrogen-bond donors (Lipinski definition) is 2. The largest absolute Gasteiger partial charge is 0.314 e. The summed E-state index contributed by atoms with van der Waals surface area (Å²) in [5.41, 5.74) is 2.24. The van der Waals surface area contributed by atoms with Crippen LogP contribution in [-0.2, 0) is 4.84 Å². The van der Waals surface area contributed by atoms with Gasteiger partial charge in [0.15, 0.2) is 11.6 Å². The molecule has 0 saturated carbocycles. The molecule has 2 N–H and O–H groups in total. The van der Waals surface area contributed by atoms with Gasteiger partial charge in [-0.3, -0.25) is 9.63 Å². The molecule has 1 amide bonds. The first-order valence-corrected chi connectivity index (χ1v) is 5.28. The SMILES string of the molecule is O=C(NOC1CCNC1)c1ccc(F)c(F)c1. The zero-order valence-electron chi connectivity index (χ0n) is 9.00. The van der Waals surface area contributed by atoms with E-state index in [1.807, 2.05) is 0 Å². The molecular weight excluding hydrogens is 230 g/mol. The van der Waals surface area contributed by atoms with Gasteiger partial charge in [-0.2, -0.15) is 0 Å². The summed E-state index contributed by atoms with van der Waals surface area (Å²) >= 11 is 0. The van der Waals surface area contributed by atoms with Crippen LogP contribution in [0.5, 0.6) is 0 Å². The predicted molar refractivity (Wildman–Crippen MR) is 56.2 cm³/mol. The number of benzene rings is 1. The van der Waals surface area contributed by atoms with Gasteiger partial charge in [-0.15, -0.1) is 0 Å². The van der Waals surface area contributed by atoms with E-state index in [4.69, 9.17) is 4.84 Å². The van der Waals surface area contributed by atoms with Gasteiger partial charge < -0.3 is 5.32 Å². The average Bonchev–Trinajstić information content (AvgIpc) is 2.82. The molecule has 1 aliphatic heterocycles. The molecule has 0 aliphatic carbocycles. The maximum absolute atomic E-state index is 12.9. The standard InChI is InChI=1S/C11H12F2N2O2/c12-9-2-1-7(5-10(9)13)11(16)15-17-8-3-4-14-6-8/h1-2,5,8,14H,3-4,6H2,(H,15,16). The molecule has 6 heteroatoms. The number of carbonyl (C=O) groups is 1. The molecule has 1 atom stereocenters. The highest BCUT2D eigenvalue weighted by molar-refractivity contribution is 5.93. The predicted octanol–water partition coefficient (Wildman–Crippen LogP) is 0.988. The summed E-state index contributed by atoms with van der Waals surface area (Å²) < 4.78 is 25.5. The van der Waals surface area contributed by atoms with E-state index >= 15 is 0 Å². The van der Waals surface area contributed by atoms with Crippen molar-refractivity contribution in [3.8, 4) is 0 Å². The molecule has 1 saturated heterocycles. The van der Waals surface area contributed by atoms with Crippen molar-refractivity contribution in [2.45, 2.75) is 12.5 Å². The van der Waals surface area contributed by atoms with E-state index in [-0.39, 0.29) is 11.7 Å². The fraction of sp³-hybridized carbons (Fsp3) is 0.364. The lowest BCUT2D eigenvalue weighted by Crippen LogP contribution is -2.30.